The summed E-state index contributed by atoms with van der Waals surface area (Å²) in [6.07, 6.45) is 8.49. The summed E-state index contributed by atoms with van der Waals surface area (Å²) < 4.78 is 1.90. The maximum atomic E-state index is 12.1. The molecule has 2 aromatic heterocycles. The second kappa shape index (κ2) is 7.17. The van der Waals surface area contributed by atoms with Gasteiger partial charge >= 0.3 is 0 Å². The number of aromatic nitrogens is 3. The van der Waals surface area contributed by atoms with Crippen molar-refractivity contribution >= 4 is 5.91 Å². The molecule has 1 unspecified atom stereocenters. The lowest BCUT2D eigenvalue weighted by Gasteiger charge is -2.22. The number of nitrogens with one attached hydrogen (secondary N) is 2. The van der Waals surface area contributed by atoms with E-state index in [-0.39, 0.29) is 5.91 Å². The zero-order valence-corrected chi connectivity index (χ0v) is 12.5. The van der Waals surface area contributed by atoms with Crippen LogP contribution in [0.4, 0.5) is 0 Å². The van der Waals surface area contributed by atoms with Crippen LogP contribution in [0.15, 0.2) is 36.8 Å². The molecule has 0 bridgehead atoms. The molecule has 3 rings (SSSR count). The van der Waals surface area contributed by atoms with Crippen molar-refractivity contribution < 1.29 is 4.79 Å². The summed E-state index contributed by atoms with van der Waals surface area (Å²) in [5, 5.41) is 10.7. The Labute approximate surface area is 129 Å². The smallest absolute Gasteiger partial charge is 0.271 e. The van der Waals surface area contributed by atoms with Gasteiger partial charge in [-0.15, -0.1) is 0 Å². The molecule has 1 amide bonds. The average molecular weight is 299 g/mol. The molecule has 0 saturated carbocycles. The summed E-state index contributed by atoms with van der Waals surface area (Å²) in [5.41, 5.74) is 1.60. The predicted molar refractivity (Wildman–Crippen MR) is 83.6 cm³/mol. The molecule has 116 valence electrons. The van der Waals surface area contributed by atoms with Crippen LogP contribution >= 0.6 is 0 Å². The molecule has 22 heavy (non-hydrogen) atoms. The first-order valence-corrected chi connectivity index (χ1v) is 7.76. The first-order valence-electron chi connectivity index (χ1n) is 7.76. The maximum absolute atomic E-state index is 12.1. The Bertz CT molecular complexity index is 604. The standard InChI is InChI=1S/C16H21N5O/c22-16(19-9-5-13-3-1-7-17-11-13)15-6-10-21(20-15)14-4-2-8-18-12-14/h1,3,6-7,10-11,14,18H,2,4-5,8-9,12H2,(H,19,22). The summed E-state index contributed by atoms with van der Waals surface area (Å²) >= 11 is 0. The third-order valence-corrected chi connectivity index (χ3v) is 3.91. The molecule has 1 aliphatic heterocycles. The van der Waals surface area contributed by atoms with E-state index < -0.39 is 0 Å². The topological polar surface area (TPSA) is 71.8 Å². The third-order valence-electron chi connectivity index (χ3n) is 3.91. The monoisotopic (exact) mass is 299 g/mol. The quantitative estimate of drug-likeness (QED) is 0.869. The van der Waals surface area contributed by atoms with Gasteiger partial charge in [-0.05, 0) is 43.5 Å². The van der Waals surface area contributed by atoms with Crippen molar-refractivity contribution in [1.82, 2.24) is 25.4 Å². The molecule has 0 radical (unpaired) electrons. The summed E-state index contributed by atoms with van der Waals surface area (Å²) in [5.74, 6) is -0.119. The number of hydrogen-bond donors (Lipinski definition) is 2. The van der Waals surface area contributed by atoms with Crippen molar-refractivity contribution in [3.63, 3.8) is 0 Å². The van der Waals surface area contributed by atoms with Gasteiger partial charge in [-0.1, -0.05) is 6.07 Å². The summed E-state index contributed by atoms with van der Waals surface area (Å²) in [7, 11) is 0. The minimum Gasteiger partial charge on any atom is -0.350 e. The number of carbonyl (C=O) groups excluding carboxylic acids is 1. The number of pyridine rings is 1. The van der Waals surface area contributed by atoms with E-state index in [4.69, 9.17) is 0 Å². The number of carbonyl (C=O) groups is 1. The second-order valence-electron chi connectivity index (χ2n) is 5.55. The molecule has 0 aliphatic carbocycles. The minimum atomic E-state index is -0.119. The lowest BCUT2D eigenvalue weighted by molar-refractivity contribution is 0.0947. The van der Waals surface area contributed by atoms with Crippen molar-refractivity contribution in [2.24, 2.45) is 0 Å². The van der Waals surface area contributed by atoms with Crippen LogP contribution in [0, 0.1) is 0 Å². The van der Waals surface area contributed by atoms with E-state index in [0.717, 1.165) is 37.9 Å². The Morgan fingerprint density at radius 3 is 3.18 bits per heavy atom. The molecular weight excluding hydrogens is 278 g/mol. The molecule has 1 saturated heterocycles. The van der Waals surface area contributed by atoms with Crippen LogP contribution in [0.1, 0.15) is 34.9 Å². The first-order chi connectivity index (χ1) is 10.8. The third kappa shape index (κ3) is 3.71. The minimum absolute atomic E-state index is 0.119. The highest BCUT2D eigenvalue weighted by Crippen LogP contribution is 2.15. The van der Waals surface area contributed by atoms with Crippen LogP contribution in [-0.4, -0.2) is 40.3 Å². The Kier molecular flexibility index (Phi) is 4.80. The van der Waals surface area contributed by atoms with Crippen molar-refractivity contribution in [2.45, 2.75) is 25.3 Å². The van der Waals surface area contributed by atoms with Crippen LogP contribution < -0.4 is 10.6 Å². The Morgan fingerprint density at radius 2 is 2.41 bits per heavy atom. The van der Waals surface area contributed by atoms with Crippen LogP contribution in [0.25, 0.3) is 0 Å². The zero-order chi connectivity index (χ0) is 15.2. The van der Waals surface area contributed by atoms with E-state index in [1.807, 2.05) is 29.2 Å². The molecule has 1 aliphatic rings. The first kappa shape index (κ1) is 14.7. The van der Waals surface area contributed by atoms with Crippen molar-refractivity contribution in [3.05, 3.63) is 48.0 Å². The van der Waals surface area contributed by atoms with E-state index >= 15 is 0 Å². The lowest BCUT2D eigenvalue weighted by Crippen LogP contribution is -2.32. The highest BCUT2D eigenvalue weighted by atomic mass is 16.1. The fraction of sp³-hybridized carbons (Fsp3) is 0.438. The largest absolute Gasteiger partial charge is 0.350 e. The predicted octanol–water partition coefficient (Wildman–Crippen LogP) is 1.18. The van der Waals surface area contributed by atoms with Crippen LogP contribution in [0.3, 0.4) is 0 Å². The van der Waals surface area contributed by atoms with Gasteiger partial charge in [-0.2, -0.15) is 5.10 Å². The molecule has 1 fully saturated rings. The van der Waals surface area contributed by atoms with Gasteiger partial charge in [0.25, 0.3) is 5.91 Å². The Balaban J connectivity index is 1.51. The maximum Gasteiger partial charge on any atom is 0.271 e. The fourth-order valence-electron chi connectivity index (χ4n) is 2.68. The van der Waals surface area contributed by atoms with E-state index in [1.165, 1.54) is 0 Å². The molecule has 6 nitrogen and oxygen atoms in total. The SMILES string of the molecule is O=C(NCCc1cccnc1)c1ccn(C2CCCNC2)n1. The molecule has 0 spiro atoms. The van der Waals surface area contributed by atoms with Gasteiger partial charge in [0.2, 0.25) is 0 Å². The van der Waals surface area contributed by atoms with Gasteiger partial charge in [0, 0.05) is 31.7 Å². The van der Waals surface area contributed by atoms with Crippen molar-refractivity contribution in [1.29, 1.82) is 0 Å². The highest BCUT2D eigenvalue weighted by molar-refractivity contribution is 5.92. The Hall–Kier alpha value is -2.21. The molecular formula is C16H21N5O. The van der Waals surface area contributed by atoms with E-state index in [9.17, 15) is 4.79 Å². The summed E-state index contributed by atoms with van der Waals surface area (Å²) in [6, 6.07) is 6.04. The second-order valence-corrected chi connectivity index (χ2v) is 5.55. The average Bonchev–Trinajstić information content (AvgIpc) is 3.07. The van der Waals surface area contributed by atoms with Crippen LogP contribution in [-0.2, 0) is 6.42 Å². The molecule has 2 aromatic rings. The van der Waals surface area contributed by atoms with E-state index in [1.54, 1.807) is 12.3 Å². The van der Waals surface area contributed by atoms with Gasteiger partial charge in [-0.3, -0.25) is 14.5 Å². The number of amides is 1. The van der Waals surface area contributed by atoms with Crippen LogP contribution in [0.2, 0.25) is 0 Å². The molecule has 3 heterocycles. The fourth-order valence-corrected chi connectivity index (χ4v) is 2.68. The van der Waals surface area contributed by atoms with Crippen molar-refractivity contribution in [3.8, 4) is 0 Å². The van der Waals surface area contributed by atoms with Crippen LogP contribution in [0.5, 0.6) is 0 Å². The summed E-state index contributed by atoms with van der Waals surface area (Å²) in [6.45, 7) is 2.57. The number of hydrogen-bond acceptors (Lipinski definition) is 4. The van der Waals surface area contributed by atoms with Gasteiger partial charge in [-0.25, -0.2) is 0 Å². The number of nitrogens with zero attached hydrogens (tertiary/aromatic N) is 3. The number of piperidine rings is 1. The van der Waals surface area contributed by atoms with Gasteiger partial charge in [0.05, 0.1) is 6.04 Å². The molecule has 2 N–H and O–H groups in total. The zero-order valence-electron chi connectivity index (χ0n) is 12.5. The van der Waals surface area contributed by atoms with E-state index in [2.05, 4.69) is 20.7 Å². The molecule has 1 atom stereocenters. The van der Waals surface area contributed by atoms with Gasteiger partial charge < -0.3 is 10.6 Å². The van der Waals surface area contributed by atoms with E-state index in [0.29, 0.717) is 18.3 Å². The lowest BCUT2D eigenvalue weighted by atomic mass is 10.1. The van der Waals surface area contributed by atoms with Crippen molar-refractivity contribution in [2.75, 3.05) is 19.6 Å². The molecule has 0 aromatic carbocycles. The summed E-state index contributed by atoms with van der Waals surface area (Å²) in [4.78, 5) is 16.2. The van der Waals surface area contributed by atoms with Gasteiger partial charge in [0.1, 0.15) is 5.69 Å². The molecule has 6 heteroatoms. The normalized spacial score (nSPS) is 18.1. The highest BCUT2D eigenvalue weighted by Gasteiger charge is 2.17. The number of rotatable bonds is 5. The Morgan fingerprint density at radius 1 is 1.45 bits per heavy atom. The van der Waals surface area contributed by atoms with Gasteiger partial charge in [0.15, 0.2) is 0 Å².